The third-order valence-electron chi connectivity index (χ3n) is 5.21. The zero-order chi connectivity index (χ0) is 22.8. The number of likely N-dealkylation sites (N-methyl/N-ethyl adjacent to an activating group) is 1. The predicted octanol–water partition coefficient (Wildman–Crippen LogP) is 2.97. The van der Waals surface area contributed by atoms with E-state index < -0.39 is 11.9 Å². The summed E-state index contributed by atoms with van der Waals surface area (Å²) in [5.41, 5.74) is 1.43. The van der Waals surface area contributed by atoms with Crippen molar-refractivity contribution in [2.75, 3.05) is 18.6 Å². The van der Waals surface area contributed by atoms with Crippen molar-refractivity contribution in [1.82, 2.24) is 20.3 Å². The fourth-order valence-corrected chi connectivity index (χ4v) is 3.61. The fourth-order valence-electron chi connectivity index (χ4n) is 3.61. The smallest absolute Gasteiger partial charge is 0.322 e. The van der Waals surface area contributed by atoms with E-state index in [2.05, 4.69) is 20.3 Å². The molecule has 1 N–H and O–H groups in total. The summed E-state index contributed by atoms with van der Waals surface area (Å²) in [4.78, 5) is 40.1. The lowest BCUT2D eigenvalue weighted by Gasteiger charge is -2.21. The summed E-state index contributed by atoms with van der Waals surface area (Å²) in [7, 11) is 1.65. The predicted molar refractivity (Wildman–Crippen MR) is 120 cm³/mol. The first kappa shape index (κ1) is 20.4. The van der Waals surface area contributed by atoms with Crippen molar-refractivity contribution in [3.05, 3.63) is 78.8 Å². The summed E-state index contributed by atoms with van der Waals surface area (Å²) in [5, 5.41) is 3.50. The Morgan fingerprint density at radius 1 is 1.06 bits per heavy atom. The van der Waals surface area contributed by atoms with Crippen LogP contribution in [0.1, 0.15) is 10.5 Å². The summed E-state index contributed by atoms with van der Waals surface area (Å²) in [6.07, 6.45) is 3.11. The van der Waals surface area contributed by atoms with Gasteiger partial charge in [0.2, 0.25) is 0 Å². The van der Waals surface area contributed by atoms with Gasteiger partial charge in [0, 0.05) is 24.8 Å². The standard InChI is InChI=1S/C24H19N5O4/c1-29-21-16-8-5-12-25-17(16)9-10-20(21)32-14-19(23(29)31)27-22(30)18-11-13-26-24(28-18)33-15-6-3-2-4-7-15/h2-13,19H,14H2,1H3,(H,27,30)/t19-/m0/s1. The van der Waals surface area contributed by atoms with E-state index in [1.165, 1.54) is 17.2 Å². The molecule has 3 heterocycles. The Kier molecular flexibility index (Phi) is 5.27. The van der Waals surface area contributed by atoms with Crippen molar-refractivity contribution in [2.45, 2.75) is 6.04 Å². The number of pyridine rings is 1. The van der Waals surface area contributed by atoms with Gasteiger partial charge < -0.3 is 19.7 Å². The van der Waals surface area contributed by atoms with Crippen LogP contribution >= 0.6 is 0 Å². The summed E-state index contributed by atoms with van der Waals surface area (Å²) in [5.74, 6) is 0.239. The number of rotatable bonds is 4. The Morgan fingerprint density at radius 3 is 2.76 bits per heavy atom. The van der Waals surface area contributed by atoms with E-state index in [0.29, 0.717) is 17.2 Å². The van der Waals surface area contributed by atoms with E-state index in [1.807, 2.05) is 30.3 Å². The Labute approximate surface area is 189 Å². The van der Waals surface area contributed by atoms with Crippen LogP contribution in [0.3, 0.4) is 0 Å². The molecule has 2 aromatic carbocycles. The van der Waals surface area contributed by atoms with Gasteiger partial charge in [0.1, 0.15) is 29.8 Å². The van der Waals surface area contributed by atoms with Gasteiger partial charge in [-0.3, -0.25) is 14.6 Å². The molecule has 0 aliphatic carbocycles. The fraction of sp³-hybridized carbons (Fsp3) is 0.125. The molecule has 0 unspecified atom stereocenters. The van der Waals surface area contributed by atoms with E-state index in [-0.39, 0.29) is 24.2 Å². The Hall–Kier alpha value is -4.53. The monoisotopic (exact) mass is 441 g/mol. The van der Waals surface area contributed by atoms with E-state index in [4.69, 9.17) is 9.47 Å². The third kappa shape index (κ3) is 4.03. The van der Waals surface area contributed by atoms with Crippen molar-refractivity contribution < 1.29 is 19.1 Å². The normalized spacial score (nSPS) is 15.4. The molecule has 0 radical (unpaired) electrons. The molecule has 164 valence electrons. The van der Waals surface area contributed by atoms with Crippen LogP contribution in [-0.2, 0) is 4.79 Å². The zero-order valence-electron chi connectivity index (χ0n) is 17.6. The summed E-state index contributed by atoms with van der Waals surface area (Å²) < 4.78 is 11.5. The molecule has 4 aromatic rings. The largest absolute Gasteiger partial charge is 0.489 e. The lowest BCUT2D eigenvalue weighted by molar-refractivity contribution is -0.120. The summed E-state index contributed by atoms with van der Waals surface area (Å²) in [6.45, 7) is -0.0217. The maximum atomic E-state index is 13.2. The van der Waals surface area contributed by atoms with Crippen LogP contribution in [0.15, 0.2) is 73.1 Å². The van der Waals surface area contributed by atoms with Gasteiger partial charge in [0.25, 0.3) is 11.8 Å². The SMILES string of the molecule is CN1C(=O)[C@@H](NC(=O)c2ccnc(Oc3ccccc3)n2)COc2ccc3ncccc3c21. The minimum Gasteiger partial charge on any atom is -0.489 e. The molecule has 2 amide bonds. The maximum absolute atomic E-state index is 13.2. The molecule has 9 nitrogen and oxygen atoms in total. The molecule has 0 fully saturated rings. The van der Waals surface area contributed by atoms with E-state index >= 15 is 0 Å². The summed E-state index contributed by atoms with van der Waals surface area (Å²) in [6, 6.07) is 16.9. The molecule has 1 atom stereocenters. The number of hydrogen-bond donors (Lipinski definition) is 1. The Morgan fingerprint density at radius 2 is 1.91 bits per heavy atom. The molecule has 0 bridgehead atoms. The van der Waals surface area contributed by atoms with Gasteiger partial charge in [-0.05, 0) is 42.5 Å². The van der Waals surface area contributed by atoms with Crippen LogP contribution in [0, 0.1) is 0 Å². The molecule has 5 rings (SSSR count). The van der Waals surface area contributed by atoms with Gasteiger partial charge in [0.05, 0.1) is 11.2 Å². The minimum atomic E-state index is -0.907. The van der Waals surface area contributed by atoms with Crippen LogP contribution in [0.5, 0.6) is 17.5 Å². The summed E-state index contributed by atoms with van der Waals surface area (Å²) >= 11 is 0. The quantitative estimate of drug-likeness (QED) is 0.519. The first-order valence-corrected chi connectivity index (χ1v) is 10.2. The van der Waals surface area contributed by atoms with Gasteiger partial charge in [-0.25, -0.2) is 4.98 Å². The number of nitrogens with zero attached hydrogens (tertiary/aromatic N) is 4. The van der Waals surface area contributed by atoms with Crippen LogP contribution in [0.2, 0.25) is 0 Å². The highest BCUT2D eigenvalue weighted by molar-refractivity contribution is 6.08. The molecule has 0 spiro atoms. The number of ether oxygens (including phenoxy) is 2. The van der Waals surface area contributed by atoms with Crippen LogP contribution in [0.4, 0.5) is 5.69 Å². The van der Waals surface area contributed by atoms with E-state index in [1.54, 1.807) is 37.5 Å². The number of para-hydroxylation sites is 1. The molecule has 1 aliphatic heterocycles. The van der Waals surface area contributed by atoms with Crippen molar-refractivity contribution >= 4 is 28.4 Å². The molecule has 0 saturated heterocycles. The van der Waals surface area contributed by atoms with Crippen molar-refractivity contribution in [1.29, 1.82) is 0 Å². The number of hydrogen-bond acceptors (Lipinski definition) is 7. The molecule has 0 saturated carbocycles. The van der Waals surface area contributed by atoms with Crippen LogP contribution < -0.4 is 19.7 Å². The zero-order valence-corrected chi connectivity index (χ0v) is 17.6. The van der Waals surface area contributed by atoms with Crippen molar-refractivity contribution in [3.63, 3.8) is 0 Å². The average molecular weight is 441 g/mol. The number of carbonyl (C=O) groups excluding carboxylic acids is 2. The van der Waals surface area contributed by atoms with Gasteiger partial charge >= 0.3 is 6.01 Å². The first-order valence-electron chi connectivity index (χ1n) is 10.2. The number of aromatic nitrogens is 3. The number of fused-ring (bicyclic) bond motifs is 3. The second-order valence-electron chi connectivity index (χ2n) is 7.36. The molecule has 1 aliphatic rings. The van der Waals surface area contributed by atoms with Crippen molar-refractivity contribution in [3.8, 4) is 17.5 Å². The molecular weight excluding hydrogens is 422 g/mol. The van der Waals surface area contributed by atoms with Crippen molar-refractivity contribution in [2.24, 2.45) is 0 Å². The topological polar surface area (TPSA) is 107 Å². The van der Waals surface area contributed by atoms with Gasteiger partial charge in [-0.2, -0.15) is 4.98 Å². The number of benzene rings is 2. The second-order valence-corrected chi connectivity index (χ2v) is 7.36. The molecule has 9 heteroatoms. The van der Waals surface area contributed by atoms with Gasteiger partial charge in [0.15, 0.2) is 0 Å². The third-order valence-corrected chi connectivity index (χ3v) is 5.21. The highest BCUT2D eigenvalue weighted by Gasteiger charge is 2.32. The van der Waals surface area contributed by atoms with Gasteiger partial charge in [-0.15, -0.1) is 0 Å². The minimum absolute atomic E-state index is 0.0217. The number of carbonyl (C=O) groups is 2. The van der Waals surface area contributed by atoms with Gasteiger partial charge in [-0.1, -0.05) is 18.2 Å². The van der Waals surface area contributed by atoms with E-state index in [9.17, 15) is 9.59 Å². The maximum Gasteiger partial charge on any atom is 0.322 e. The van der Waals surface area contributed by atoms with Crippen LogP contribution in [-0.4, -0.2) is 46.5 Å². The molecule has 2 aromatic heterocycles. The Bertz CT molecular complexity index is 1350. The van der Waals surface area contributed by atoms with E-state index in [0.717, 1.165) is 10.9 Å². The molecular formula is C24H19N5O4. The Balaban J connectivity index is 1.36. The highest BCUT2D eigenvalue weighted by atomic mass is 16.5. The average Bonchev–Trinajstić information content (AvgIpc) is 2.97. The molecule has 33 heavy (non-hydrogen) atoms. The number of nitrogens with one attached hydrogen (secondary N) is 1. The first-order chi connectivity index (χ1) is 16.1. The number of amides is 2. The number of anilines is 1. The van der Waals surface area contributed by atoms with Crippen LogP contribution in [0.25, 0.3) is 10.9 Å². The highest BCUT2D eigenvalue weighted by Crippen LogP contribution is 2.37. The lowest BCUT2D eigenvalue weighted by atomic mass is 10.1. The lowest BCUT2D eigenvalue weighted by Crippen LogP contribution is -2.49. The second kappa shape index (κ2) is 8.54.